The van der Waals surface area contributed by atoms with Gasteiger partial charge in [-0.3, -0.25) is 0 Å². The van der Waals surface area contributed by atoms with E-state index < -0.39 is 18.2 Å². The molecule has 0 aromatic carbocycles. The van der Waals surface area contributed by atoms with Crippen LogP contribution in [0.1, 0.15) is 19.8 Å². The molecular formula is C8H13F3O2. The van der Waals surface area contributed by atoms with E-state index in [-0.39, 0.29) is 18.9 Å². The van der Waals surface area contributed by atoms with Gasteiger partial charge in [0.15, 0.2) is 0 Å². The molecule has 0 saturated carbocycles. The van der Waals surface area contributed by atoms with Crippen molar-refractivity contribution in [1.29, 1.82) is 0 Å². The van der Waals surface area contributed by atoms with Crippen LogP contribution in [-0.2, 0) is 4.74 Å². The number of ether oxygens (including phenoxy) is 1. The largest absolute Gasteiger partial charge is 0.389 e. The molecule has 1 rings (SSSR count). The van der Waals surface area contributed by atoms with Crippen LogP contribution in [-0.4, -0.2) is 30.1 Å². The second kappa shape index (κ2) is 3.46. The maximum atomic E-state index is 11.9. The molecule has 0 aromatic rings. The Hall–Kier alpha value is -0.290. The molecule has 0 aromatic heterocycles. The summed E-state index contributed by atoms with van der Waals surface area (Å²) in [6.07, 6.45) is -5.41. The van der Waals surface area contributed by atoms with Crippen LogP contribution in [0.15, 0.2) is 0 Å². The summed E-state index contributed by atoms with van der Waals surface area (Å²) in [5.41, 5.74) is -1.28. The Morgan fingerprint density at radius 3 is 2.54 bits per heavy atom. The van der Waals surface area contributed by atoms with Crippen molar-refractivity contribution in [3.8, 4) is 0 Å². The maximum absolute atomic E-state index is 11.9. The van der Waals surface area contributed by atoms with Crippen molar-refractivity contribution in [2.75, 3.05) is 13.2 Å². The van der Waals surface area contributed by atoms with Crippen LogP contribution in [0, 0.1) is 5.92 Å². The molecule has 2 atom stereocenters. The van der Waals surface area contributed by atoms with E-state index in [1.165, 1.54) is 0 Å². The van der Waals surface area contributed by atoms with Crippen LogP contribution < -0.4 is 0 Å². The molecule has 1 aliphatic heterocycles. The molecule has 0 spiro atoms. The minimum Gasteiger partial charge on any atom is -0.387 e. The van der Waals surface area contributed by atoms with E-state index in [0.29, 0.717) is 6.61 Å². The SMILES string of the molecule is CC1COCC1(O)CCC(F)(F)F. The molecule has 1 saturated heterocycles. The molecule has 5 heteroatoms. The van der Waals surface area contributed by atoms with Crippen molar-refractivity contribution in [2.45, 2.75) is 31.5 Å². The van der Waals surface area contributed by atoms with Gasteiger partial charge in [-0.05, 0) is 6.42 Å². The molecule has 2 unspecified atom stereocenters. The van der Waals surface area contributed by atoms with Gasteiger partial charge in [-0.15, -0.1) is 0 Å². The number of halogens is 3. The van der Waals surface area contributed by atoms with Crippen molar-refractivity contribution in [3.63, 3.8) is 0 Å². The zero-order valence-electron chi connectivity index (χ0n) is 7.40. The first-order valence-electron chi connectivity index (χ1n) is 4.20. The fourth-order valence-corrected chi connectivity index (χ4v) is 1.39. The fourth-order valence-electron chi connectivity index (χ4n) is 1.39. The third-order valence-corrected chi connectivity index (χ3v) is 2.48. The fraction of sp³-hybridized carbons (Fsp3) is 1.00. The molecule has 78 valence electrons. The first-order valence-corrected chi connectivity index (χ1v) is 4.20. The van der Waals surface area contributed by atoms with Gasteiger partial charge in [-0.2, -0.15) is 13.2 Å². The highest BCUT2D eigenvalue weighted by atomic mass is 19.4. The van der Waals surface area contributed by atoms with Crippen LogP contribution >= 0.6 is 0 Å². The molecular weight excluding hydrogens is 185 g/mol. The Labute approximate surface area is 74.7 Å². The Balaban J connectivity index is 2.43. The maximum Gasteiger partial charge on any atom is 0.389 e. The Morgan fingerprint density at radius 2 is 2.15 bits per heavy atom. The lowest BCUT2D eigenvalue weighted by molar-refractivity contribution is -0.149. The molecule has 13 heavy (non-hydrogen) atoms. The van der Waals surface area contributed by atoms with Gasteiger partial charge in [-0.25, -0.2) is 0 Å². The second-order valence-corrected chi connectivity index (χ2v) is 3.63. The van der Waals surface area contributed by atoms with E-state index in [4.69, 9.17) is 4.74 Å². The number of rotatable bonds is 2. The molecule has 1 fully saturated rings. The highest BCUT2D eigenvalue weighted by Crippen LogP contribution is 2.33. The van der Waals surface area contributed by atoms with E-state index in [1.807, 2.05) is 0 Å². The van der Waals surface area contributed by atoms with E-state index in [0.717, 1.165) is 0 Å². The highest BCUT2D eigenvalue weighted by molar-refractivity contribution is 4.88. The van der Waals surface area contributed by atoms with Crippen LogP contribution in [0.4, 0.5) is 13.2 Å². The zero-order chi connectivity index (χ0) is 10.1. The van der Waals surface area contributed by atoms with Crippen molar-refractivity contribution in [1.82, 2.24) is 0 Å². The van der Waals surface area contributed by atoms with Gasteiger partial charge in [0.25, 0.3) is 0 Å². The summed E-state index contributed by atoms with van der Waals surface area (Å²) in [5.74, 6) is -0.213. The Morgan fingerprint density at radius 1 is 1.54 bits per heavy atom. The van der Waals surface area contributed by atoms with Gasteiger partial charge in [0.2, 0.25) is 0 Å². The summed E-state index contributed by atoms with van der Waals surface area (Å²) >= 11 is 0. The summed E-state index contributed by atoms with van der Waals surface area (Å²) in [6.45, 7) is 2.06. The zero-order valence-corrected chi connectivity index (χ0v) is 7.40. The van der Waals surface area contributed by atoms with Crippen LogP contribution in [0.5, 0.6) is 0 Å². The van der Waals surface area contributed by atoms with Gasteiger partial charge in [0.05, 0.1) is 18.8 Å². The molecule has 0 amide bonds. The molecule has 1 aliphatic rings. The predicted molar refractivity (Wildman–Crippen MR) is 40.2 cm³/mol. The number of hydrogen-bond acceptors (Lipinski definition) is 2. The lowest BCUT2D eigenvalue weighted by Gasteiger charge is -2.25. The van der Waals surface area contributed by atoms with Crippen LogP contribution in [0.3, 0.4) is 0 Å². The minimum atomic E-state index is -4.20. The summed E-state index contributed by atoms with van der Waals surface area (Å²) in [7, 11) is 0. The molecule has 1 heterocycles. The smallest absolute Gasteiger partial charge is 0.387 e. The quantitative estimate of drug-likeness (QED) is 0.732. The van der Waals surface area contributed by atoms with Gasteiger partial charge < -0.3 is 9.84 Å². The lowest BCUT2D eigenvalue weighted by Crippen LogP contribution is -2.36. The topological polar surface area (TPSA) is 29.5 Å². The van der Waals surface area contributed by atoms with E-state index in [1.54, 1.807) is 6.92 Å². The summed E-state index contributed by atoms with van der Waals surface area (Å²) < 4.78 is 40.5. The van der Waals surface area contributed by atoms with Crippen LogP contribution in [0.25, 0.3) is 0 Å². The van der Waals surface area contributed by atoms with Crippen molar-refractivity contribution < 1.29 is 23.0 Å². The lowest BCUT2D eigenvalue weighted by atomic mass is 9.88. The van der Waals surface area contributed by atoms with Gasteiger partial charge >= 0.3 is 6.18 Å². The summed E-state index contributed by atoms with van der Waals surface area (Å²) in [5, 5.41) is 9.70. The molecule has 0 aliphatic carbocycles. The van der Waals surface area contributed by atoms with Crippen molar-refractivity contribution in [2.24, 2.45) is 5.92 Å². The standard InChI is InChI=1S/C8H13F3O2/c1-6-4-13-5-7(6,12)2-3-8(9,10)11/h6,12H,2-5H2,1H3. The number of alkyl halides is 3. The van der Waals surface area contributed by atoms with E-state index in [2.05, 4.69) is 0 Å². The first kappa shape index (κ1) is 10.8. The average Bonchev–Trinajstić information content (AvgIpc) is 2.29. The summed E-state index contributed by atoms with van der Waals surface area (Å²) in [4.78, 5) is 0. The third-order valence-electron chi connectivity index (χ3n) is 2.48. The molecule has 0 bridgehead atoms. The molecule has 0 radical (unpaired) electrons. The van der Waals surface area contributed by atoms with Crippen molar-refractivity contribution in [3.05, 3.63) is 0 Å². The highest BCUT2D eigenvalue weighted by Gasteiger charge is 2.42. The Bertz CT molecular complexity index is 181. The molecule has 2 nitrogen and oxygen atoms in total. The minimum absolute atomic E-state index is 0.0181. The predicted octanol–water partition coefficient (Wildman–Crippen LogP) is 1.73. The second-order valence-electron chi connectivity index (χ2n) is 3.63. The van der Waals surface area contributed by atoms with Gasteiger partial charge in [-0.1, -0.05) is 6.92 Å². The first-order chi connectivity index (χ1) is 5.83. The monoisotopic (exact) mass is 198 g/mol. The Kier molecular flexibility index (Phi) is 2.87. The third kappa shape index (κ3) is 2.84. The number of aliphatic hydroxyl groups is 1. The average molecular weight is 198 g/mol. The molecule has 1 N–H and O–H groups in total. The summed E-state index contributed by atoms with van der Waals surface area (Å²) in [6, 6.07) is 0. The van der Waals surface area contributed by atoms with E-state index >= 15 is 0 Å². The van der Waals surface area contributed by atoms with Gasteiger partial charge in [0.1, 0.15) is 0 Å². The van der Waals surface area contributed by atoms with E-state index in [9.17, 15) is 18.3 Å². The van der Waals surface area contributed by atoms with Crippen molar-refractivity contribution >= 4 is 0 Å². The number of hydrogen-bond donors (Lipinski definition) is 1. The van der Waals surface area contributed by atoms with Gasteiger partial charge in [0, 0.05) is 12.3 Å². The van der Waals surface area contributed by atoms with Crippen LogP contribution in [0.2, 0.25) is 0 Å². The normalized spacial score (nSPS) is 35.3.